The van der Waals surface area contributed by atoms with Crippen LogP contribution in [0.2, 0.25) is 5.02 Å². The van der Waals surface area contributed by atoms with Gasteiger partial charge in [-0.15, -0.1) is 0 Å². The van der Waals surface area contributed by atoms with Crippen molar-refractivity contribution in [3.05, 3.63) is 77.0 Å². The number of rotatable bonds is 7. The maximum atomic E-state index is 12.5. The Morgan fingerprint density at radius 3 is 2.25 bits per heavy atom. The van der Waals surface area contributed by atoms with Crippen LogP contribution in [-0.4, -0.2) is 30.1 Å². The van der Waals surface area contributed by atoms with Crippen LogP contribution in [-0.2, 0) is 4.79 Å². The summed E-state index contributed by atoms with van der Waals surface area (Å²) >= 11 is 5.78. The van der Waals surface area contributed by atoms with Crippen LogP contribution in [0.5, 0.6) is 0 Å². The van der Waals surface area contributed by atoms with Crippen LogP contribution in [0.4, 0.5) is 18.9 Å². The van der Waals surface area contributed by atoms with E-state index in [2.05, 4.69) is 0 Å². The second-order valence-electron chi connectivity index (χ2n) is 5.84. The minimum absolute atomic E-state index is 0.249. The van der Waals surface area contributed by atoms with E-state index in [4.69, 9.17) is 11.6 Å². The van der Waals surface area contributed by atoms with Crippen LogP contribution in [0.3, 0.4) is 0 Å². The van der Waals surface area contributed by atoms with Gasteiger partial charge in [0.15, 0.2) is 11.6 Å². The highest BCUT2D eigenvalue weighted by Gasteiger charge is 2.36. The molecule has 28 heavy (non-hydrogen) atoms. The Hall–Kier alpha value is -2.93. The van der Waals surface area contributed by atoms with Crippen molar-refractivity contribution in [1.29, 1.82) is 0 Å². The zero-order chi connectivity index (χ0) is 20.9. The number of alkyl halides is 3. The van der Waals surface area contributed by atoms with E-state index in [9.17, 15) is 27.6 Å². The fraction of sp³-hybridized carbons (Fsp3) is 0.150. The fourth-order valence-corrected chi connectivity index (χ4v) is 2.39. The van der Waals surface area contributed by atoms with Gasteiger partial charge in [0.2, 0.25) is 0 Å². The minimum atomic E-state index is -5.02. The number of nitrogens with zero attached hydrogens (tertiary/aromatic N) is 1. The summed E-state index contributed by atoms with van der Waals surface area (Å²) in [5.41, 5.74) is 0.908. The summed E-state index contributed by atoms with van der Waals surface area (Å²) in [6.07, 6.45) is -3.80. The highest BCUT2D eigenvalue weighted by atomic mass is 35.5. The lowest BCUT2D eigenvalue weighted by Gasteiger charge is -2.20. The average molecular weight is 410 g/mol. The van der Waals surface area contributed by atoms with Gasteiger partial charge in [0, 0.05) is 34.1 Å². The van der Waals surface area contributed by atoms with Crippen LogP contribution in [0.25, 0.3) is 0 Å². The van der Waals surface area contributed by atoms with Crippen LogP contribution in [0.1, 0.15) is 27.6 Å². The van der Waals surface area contributed by atoms with E-state index in [0.717, 1.165) is 6.20 Å². The van der Waals surface area contributed by atoms with E-state index in [-0.39, 0.29) is 12.3 Å². The Kier molecular flexibility index (Phi) is 6.75. The largest absolute Gasteiger partial charge is 0.454 e. The van der Waals surface area contributed by atoms with E-state index in [0.29, 0.717) is 27.9 Å². The van der Waals surface area contributed by atoms with E-state index >= 15 is 0 Å². The number of carbonyl (C=O) groups is 3. The summed E-state index contributed by atoms with van der Waals surface area (Å²) < 4.78 is 37.5. The molecule has 0 spiro atoms. The van der Waals surface area contributed by atoms with E-state index in [1.165, 1.54) is 60.4 Å². The molecule has 0 aliphatic carbocycles. The van der Waals surface area contributed by atoms with Crippen molar-refractivity contribution in [3.63, 3.8) is 0 Å². The van der Waals surface area contributed by atoms with Crippen molar-refractivity contribution in [2.24, 2.45) is 0 Å². The third-order valence-corrected chi connectivity index (χ3v) is 4.00. The van der Waals surface area contributed by atoms with Crippen LogP contribution in [0, 0.1) is 0 Å². The van der Waals surface area contributed by atoms with Crippen molar-refractivity contribution in [1.82, 2.24) is 0 Å². The van der Waals surface area contributed by atoms with Crippen molar-refractivity contribution < 1.29 is 27.6 Å². The quantitative estimate of drug-likeness (QED) is 0.483. The molecular weight excluding hydrogens is 395 g/mol. The van der Waals surface area contributed by atoms with Gasteiger partial charge in [-0.25, -0.2) is 0 Å². The molecule has 0 amide bonds. The summed E-state index contributed by atoms with van der Waals surface area (Å²) in [5, 5.41) is 0.429. The molecule has 0 aromatic heterocycles. The summed E-state index contributed by atoms with van der Waals surface area (Å²) in [7, 11) is 0. The standard InChI is InChI=1S/C20H15ClF3NO3/c1-13(26)15-3-2-4-17(11-15)25(10-9-19(28)20(22,23)24)12-18(27)14-5-7-16(21)8-6-14/h2-11H,12H2,1H3/b10-9+. The van der Waals surface area contributed by atoms with Gasteiger partial charge in [-0.1, -0.05) is 23.7 Å². The number of anilines is 1. The molecule has 0 heterocycles. The van der Waals surface area contributed by atoms with Crippen molar-refractivity contribution in [2.75, 3.05) is 11.4 Å². The number of hydrogen-bond acceptors (Lipinski definition) is 4. The van der Waals surface area contributed by atoms with Crippen molar-refractivity contribution >= 4 is 34.6 Å². The minimum Gasteiger partial charge on any atom is -0.340 e. The second kappa shape index (κ2) is 8.84. The molecule has 0 atom stereocenters. The molecule has 0 saturated heterocycles. The smallest absolute Gasteiger partial charge is 0.340 e. The number of halogens is 4. The molecule has 4 nitrogen and oxygen atoms in total. The number of allylic oxidation sites excluding steroid dienone is 1. The summed E-state index contributed by atoms with van der Waals surface area (Å²) in [5.74, 6) is -2.71. The Bertz CT molecular complexity index is 921. The lowest BCUT2D eigenvalue weighted by atomic mass is 10.1. The lowest BCUT2D eigenvalue weighted by Crippen LogP contribution is -2.27. The average Bonchev–Trinajstić information content (AvgIpc) is 2.64. The molecule has 0 aliphatic rings. The summed E-state index contributed by atoms with van der Waals surface area (Å²) in [6.45, 7) is 0.996. The molecule has 2 aromatic carbocycles. The molecule has 0 radical (unpaired) electrons. The normalized spacial score (nSPS) is 11.5. The molecule has 0 bridgehead atoms. The Morgan fingerprint density at radius 1 is 1.04 bits per heavy atom. The van der Waals surface area contributed by atoms with Gasteiger partial charge in [0.25, 0.3) is 5.78 Å². The predicted octanol–water partition coefficient (Wildman–Crippen LogP) is 4.88. The van der Waals surface area contributed by atoms with Gasteiger partial charge in [-0.3, -0.25) is 14.4 Å². The van der Waals surface area contributed by atoms with Crippen molar-refractivity contribution in [3.8, 4) is 0 Å². The molecule has 0 unspecified atom stereocenters. The topological polar surface area (TPSA) is 54.5 Å². The van der Waals surface area contributed by atoms with Gasteiger partial charge in [0.1, 0.15) is 0 Å². The molecule has 0 fully saturated rings. The molecule has 2 aromatic rings. The van der Waals surface area contributed by atoms with Gasteiger partial charge in [-0.05, 0) is 43.3 Å². The first-order chi connectivity index (χ1) is 13.1. The van der Waals surface area contributed by atoms with Gasteiger partial charge in [0.05, 0.1) is 6.54 Å². The first-order valence-corrected chi connectivity index (χ1v) is 8.41. The van der Waals surface area contributed by atoms with Gasteiger partial charge in [-0.2, -0.15) is 13.2 Å². The Labute approximate surface area is 164 Å². The molecule has 146 valence electrons. The first-order valence-electron chi connectivity index (χ1n) is 8.03. The molecule has 0 saturated carbocycles. The van der Waals surface area contributed by atoms with Gasteiger partial charge >= 0.3 is 6.18 Å². The third kappa shape index (κ3) is 5.79. The number of ketones is 3. The molecule has 0 N–H and O–H groups in total. The summed E-state index contributed by atoms with van der Waals surface area (Å²) in [4.78, 5) is 36.4. The van der Waals surface area contributed by atoms with Crippen LogP contribution < -0.4 is 4.90 Å². The molecule has 2 rings (SSSR count). The zero-order valence-corrected chi connectivity index (χ0v) is 15.4. The van der Waals surface area contributed by atoms with E-state index < -0.39 is 17.7 Å². The van der Waals surface area contributed by atoms with Gasteiger partial charge < -0.3 is 4.90 Å². The number of Topliss-reactive ketones (excluding diaryl/α,β-unsaturated/α-hetero) is 2. The van der Waals surface area contributed by atoms with E-state index in [1.807, 2.05) is 0 Å². The molecular formula is C20H15ClF3NO3. The van der Waals surface area contributed by atoms with Crippen LogP contribution >= 0.6 is 11.6 Å². The number of hydrogen-bond donors (Lipinski definition) is 0. The highest BCUT2D eigenvalue weighted by Crippen LogP contribution is 2.21. The van der Waals surface area contributed by atoms with Crippen molar-refractivity contribution in [2.45, 2.75) is 13.1 Å². The summed E-state index contributed by atoms with van der Waals surface area (Å²) in [6, 6.07) is 12.0. The zero-order valence-electron chi connectivity index (χ0n) is 14.7. The Balaban J connectivity index is 2.35. The first kappa shape index (κ1) is 21.4. The fourth-order valence-electron chi connectivity index (χ4n) is 2.27. The number of benzene rings is 2. The maximum absolute atomic E-state index is 12.5. The van der Waals surface area contributed by atoms with Crippen LogP contribution in [0.15, 0.2) is 60.8 Å². The SMILES string of the molecule is CC(=O)c1cccc(N(/C=C/C(=O)C(F)(F)F)CC(=O)c2ccc(Cl)cc2)c1. The Morgan fingerprint density at radius 2 is 1.68 bits per heavy atom. The monoisotopic (exact) mass is 409 g/mol. The van der Waals surface area contributed by atoms with E-state index in [1.54, 1.807) is 0 Å². The predicted molar refractivity (Wildman–Crippen MR) is 99.8 cm³/mol. The second-order valence-corrected chi connectivity index (χ2v) is 6.28. The maximum Gasteiger partial charge on any atom is 0.454 e. The molecule has 8 heteroatoms. The number of carbonyl (C=O) groups excluding carboxylic acids is 3. The third-order valence-electron chi connectivity index (χ3n) is 3.75. The lowest BCUT2D eigenvalue weighted by molar-refractivity contribution is -0.165. The highest BCUT2D eigenvalue weighted by molar-refractivity contribution is 6.30. The molecule has 0 aliphatic heterocycles.